The van der Waals surface area contributed by atoms with E-state index in [0.717, 1.165) is 19.4 Å². The van der Waals surface area contributed by atoms with Gasteiger partial charge in [0, 0.05) is 17.9 Å². The molecule has 0 saturated carbocycles. The van der Waals surface area contributed by atoms with Crippen molar-refractivity contribution in [2.24, 2.45) is 0 Å². The lowest BCUT2D eigenvalue weighted by Crippen LogP contribution is -2.17. The molecule has 1 saturated heterocycles. The maximum atomic E-state index is 12.4. The van der Waals surface area contributed by atoms with Gasteiger partial charge in [0.15, 0.2) is 0 Å². The molecule has 1 N–H and O–H groups in total. The highest BCUT2D eigenvalue weighted by Gasteiger charge is 2.16. The predicted molar refractivity (Wildman–Crippen MR) is 96.9 cm³/mol. The van der Waals surface area contributed by atoms with Gasteiger partial charge in [0.2, 0.25) is 0 Å². The van der Waals surface area contributed by atoms with Crippen LogP contribution in [0.15, 0.2) is 42.5 Å². The van der Waals surface area contributed by atoms with Crippen molar-refractivity contribution in [2.45, 2.75) is 18.9 Å². The van der Waals surface area contributed by atoms with Crippen molar-refractivity contribution >= 4 is 23.2 Å². The van der Waals surface area contributed by atoms with Gasteiger partial charge < -0.3 is 19.5 Å². The smallest absolute Gasteiger partial charge is 0.255 e. The van der Waals surface area contributed by atoms with Gasteiger partial charge in [-0.25, -0.2) is 0 Å². The van der Waals surface area contributed by atoms with E-state index in [9.17, 15) is 4.79 Å². The molecule has 1 aliphatic heterocycles. The summed E-state index contributed by atoms with van der Waals surface area (Å²) in [4.78, 5) is 12.4. The van der Waals surface area contributed by atoms with Gasteiger partial charge in [-0.2, -0.15) is 0 Å². The first kappa shape index (κ1) is 17.6. The van der Waals surface area contributed by atoms with Gasteiger partial charge in [-0.3, -0.25) is 4.79 Å². The molecular weight excluding hydrogens is 342 g/mol. The fourth-order valence-electron chi connectivity index (χ4n) is 2.64. The van der Waals surface area contributed by atoms with Crippen LogP contribution in [0.5, 0.6) is 11.5 Å². The lowest BCUT2D eigenvalue weighted by molar-refractivity contribution is 0.0679. The SMILES string of the molecule is COc1ccc(NC(=O)c2cccc(OCC3CCCO3)c2)cc1Cl. The summed E-state index contributed by atoms with van der Waals surface area (Å²) in [6.07, 6.45) is 2.22. The lowest BCUT2D eigenvalue weighted by atomic mass is 10.2. The fourth-order valence-corrected chi connectivity index (χ4v) is 2.90. The second-order valence-corrected chi connectivity index (χ2v) is 6.18. The molecule has 0 radical (unpaired) electrons. The Hall–Kier alpha value is -2.24. The first-order valence-electron chi connectivity index (χ1n) is 8.15. The zero-order valence-electron chi connectivity index (χ0n) is 14.0. The Morgan fingerprint density at radius 1 is 1.32 bits per heavy atom. The zero-order chi connectivity index (χ0) is 17.6. The van der Waals surface area contributed by atoms with Crippen LogP contribution in [0.25, 0.3) is 0 Å². The van der Waals surface area contributed by atoms with Gasteiger partial charge in [-0.1, -0.05) is 17.7 Å². The molecule has 0 spiro atoms. The largest absolute Gasteiger partial charge is 0.495 e. The Labute approximate surface area is 151 Å². The molecule has 2 aromatic carbocycles. The second kappa shape index (κ2) is 8.23. The highest BCUT2D eigenvalue weighted by Crippen LogP contribution is 2.27. The Balaban J connectivity index is 1.63. The van der Waals surface area contributed by atoms with Crippen LogP contribution in [0, 0.1) is 0 Å². The number of rotatable bonds is 6. The maximum absolute atomic E-state index is 12.4. The summed E-state index contributed by atoms with van der Waals surface area (Å²) in [7, 11) is 1.54. The molecule has 1 aliphatic rings. The fraction of sp³-hybridized carbons (Fsp3) is 0.316. The van der Waals surface area contributed by atoms with Gasteiger partial charge in [-0.05, 0) is 49.2 Å². The van der Waals surface area contributed by atoms with Crippen LogP contribution in [0.2, 0.25) is 5.02 Å². The van der Waals surface area contributed by atoms with Gasteiger partial charge in [0.1, 0.15) is 18.1 Å². The minimum absolute atomic E-state index is 0.138. The molecule has 0 aromatic heterocycles. The molecule has 5 nitrogen and oxygen atoms in total. The van der Waals surface area contributed by atoms with E-state index >= 15 is 0 Å². The number of ether oxygens (including phenoxy) is 3. The van der Waals surface area contributed by atoms with Gasteiger partial charge >= 0.3 is 0 Å². The molecule has 1 atom stereocenters. The lowest BCUT2D eigenvalue weighted by Gasteiger charge is -2.12. The van der Waals surface area contributed by atoms with Crippen molar-refractivity contribution in [1.29, 1.82) is 0 Å². The number of methoxy groups -OCH3 is 1. The predicted octanol–water partition coefficient (Wildman–Crippen LogP) is 4.16. The number of carbonyl (C=O) groups is 1. The molecule has 6 heteroatoms. The summed E-state index contributed by atoms with van der Waals surface area (Å²) in [6, 6.07) is 12.2. The maximum Gasteiger partial charge on any atom is 0.255 e. The number of benzene rings is 2. The van der Waals surface area contributed by atoms with Crippen LogP contribution >= 0.6 is 11.6 Å². The molecule has 0 bridgehead atoms. The normalized spacial score (nSPS) is 16.5. The molecule has 1 unspecified atom stereocenters. The van der Waals surface area contributed by atoms with E-state index in [-0.39, 0.29) is 12.0 Å². The molecule has 1 heterocycles. The standard InChI is InChI=1S/C19H20ClNO4/c1-23-18-8-7-14(11-17(18)20)21-19(22)13-4-2-5-15(10-13)25-12-16-6-3-9-24-16/h2,4-5,7-8,10-11,16H,3,6,9,12H2,1H3,(H,21,22). The minimum Gasteiger partial charge on any atom is -0.495 e. The molecular formula is C19H20ClNO4. The van der Waals surface area contributed by atoms with Gasteiger partial charge in [0.25, 0.3) is 5.91 Å². The summed E-state index contributed by atoms with van der Waals surface area (Å²) in [5.41, 5.74) is 1.11. The Morgan fingerprint density at radius 2 is 2.20 bits per heavy atom. The van der Waals surface area contributed by atoms with E-state index in [0.29, 0.717) is 34.4 Å². The molecule has 132 valence electrons. The number of hydrogen-bond donors (Lipinski definition) is 1. The summed E-state index contributed by atoms with van der Waals surface area (Å²) in [6.45, 7) is 1.29. The number of amides is 1. The number of carbonyl (C=O) groups excluding carboxylic acids is 1. The first-order chi connectivity index (χ1) is 12.2. The van der Waals surface area contributed by atoms with E-state index in [1.165, 1.54) is 0 Å². The third-order valence-electron chi connectivity index (χ3n) is 3.97. The first-order valence-corrected chi connectivity index (χ1v) is 8.53. The highest BCUT2D eigenvalue weighted by molar-refractivity contribution is 6.32. The highest BCUT2D eigenvalue weighted by atomic mass is 35.5. The average Bonchev–Trinajstić information content (AvgIpc) is 3.14. The van der Waals surface area contributed by atoms with Crippen molar-refractivity contribution in [1.82, 2.24) is 0 Å². The minimum atomic E-state index is -0.233. The molecule has 1 fully saturated rings. The van der Waals surface area contributed by atoms with Crippen LogP contribution in [-0.2, 0) is 4.74 Å². The summed E-state index contributed by atoms with van der Waals surface area (Å²) >= 11 is 6.08. The van der Waals surface area contributed by atoms with Crippen molar-refractivity contribution in [3.63, 3.8) is 0 Å². The number of nitrogens with one attached hydrogen (secondary N) is 1. The van der Waals surface area contributed by atoms with Crippen molar-refractivity contribution in [2.75, 3.05) is 25.6 Å². The Morgan fingerprint density at radius 3 is 2.92 bits per heavy atom. The van der Waals surface area contributed by atoms with E-state index in [1.807, 2.05) is 6.07 Å². The van der Waals surface area contributed by atoms with Crippen LogP contribution in [0.3, 0.4) is 0 Å². The summed E-state index contributed by atoms with van der Waals surface area (Å²) < 4.78 is 16.4. The van der Waals surface area contributed by atoms with Crippen LogP contribution in [0.1, 0.15) is 23.2 Å². The third-order valence-corrected chi connectivity index (χ3v) is 4.26. The molecule has 0 aliphatic carbocycles. The van der Waals surface area contributed by atoms with Crippen LogP contribution in [0.4, 0.5) is 5.69 Å². The number of hydrogen-bond acceptors (Lipinski definition) is 4. The zero-order valence-corrected chi connectivity index (χ0v) is 14.7. The third kappa shape index (κ3) is 4.65. The Kier molecular flexibility index (Phi) is 5.79. The second-order valence-electron chi connectivity index (χ2n) is 5.78. The van der Waals surface area contributed by atoms with Crippen molar-refractivity contribution < 1.29 is 19.0 Å². The van der Waals surface area contributed by atoms with Gasteiger partial charge in [-0.15, -0.1) is 0 Å². The van der Waals surface area contributed by atoms with E-state index in [1.54, 1.807) is 43.5 Å². The van der Waals surface area contributed by atoms with Crippen molar-refractivity contribution in [3.8, 4) is 11.5 Å². The summed E-state index contributed by atoms with van der Waals surface area (Å²) in [5.74, 6) is 0.976. The monoisotopic (exact) mass is 361 g/mol. The summed E-state index contributed by atoms with van der Waals surface area (Å²) in [5, 5.41) is 3.25. The van der Waals surface area contributed by atoms with Gasteiger partial charge in [0.05, 0.1) is 18.2 Å². The molecule has 1 amide bonds. The molecule has 2 aromatic rings. The quantitative estimate of drug-likeness (QED) is 0.839. The number of anilines is 1. The van der Waals surface area contributed by atoms with E-state index in [2.05, 4.69) is 5.32 Å². The van der Waals surface area contributed by atoms with Crippen LogP contribution < -0.4 is 14.8 Å². The number of halogens is 1. The average molecular weight is 362 g/mol. The molecule has 3 rings (SSSR count). The topological polar surface area (TPSA) is 56.8 Å². The molecule has 25 heavy (non-hydrogen) atoms. The Bertz CT molecular complexity index is 744. The van der Waals surface area contributed by atoms with Crippen molar-refractivity contribution in [3.05, 3.63) is 53.1 Å². The van der Waals surface area contributed by atoms with E-state index < -0.39 is 0 Å². The van der Waals surface area contributed by atoms with E-state index in [4.69, 9.17) is 25.8 Å². The van der Waals surface area contributed by atoms with Crippen LogP contribution in [-0.4, -0.2) is 32.3 Å².